The molecule has 29 heavy (non-hydrogen) atoms. The van der Waals surface area contributed by atoms with Crippen molar-refractivity contribution in [3.8, 4) is 0 Å². The van der Waals surface area contributed by atoms with Gasteiger partial charge in [0, 0.05) is 32.1 Å². The van der Waals surface area contributed by atoms with E-state index in [0.29, 0.717) is 24.2 Å². The van der Waals surface area contributed by atoms with E-state index in [2.05, 4.69) is 0 Å². The van der Waals surface area contributed by atoms with Crippen LogP contribution in [0.2, 0.25) is 0 Å². The highest BCUT2D eigenvalue weighted by Crippen LogP contribution is 2.17. The molecule has 0 saturated heterocycles. The van der Waals surface area contributed by atoms with Crippen molar-refractivity contribution in [3.63, 3.8) is 0 Å². The van der Waals surface area contributed by atoms with Crippen LogP contribution >= 0.6 is 0 Å². The van der Waals surface area contributed by atoms with Gasteiger partial charge in [-0.05, 0) is 46.5 Å². The highest BCUT2D eigenvalue weighted by atomic mass is 16.6. The summed E-state index contributed by atoms with van der Waals surface area (Å²) in [7, 11) is 1.48. The van der Waals surface area contributed by atoms with E-state index < -0.39 is 29.2 Å². The Kier molecular flexibility index (Phi) is 11.8. The van der Waals surface area contributed by atoms with Gasteiger partial charge in [0.25, 0.3) is 5.56 Å². The summed E-state index contributed by atoms with van der Waals surface area (Å²) in [5.41, 5.74) is -2.06. The van der Waals surface area contributed by atoms with E-state index >= 15 is 0 Å². The normalized spacial score (nSPS) is 13.3. The van der Waals surface area contributed by atoms with Gasteiger partial charge in [-0.2, -0.15) is 4.57 Å². The molecule has 8 heteroatoms. The maximum Gasteiger partial charge on any atom is 0.425 e. The highest BCUT2D eigenvalue weighted by Gasteiger charge is 2.25. The van der Waals surface area contributed by atoms with Crippen molar-refractivity contribution in [1.82, 2.24) is 9.13 Å². The molecule has 168 valence electrons. The second-order valence-corrected chi connectivity index (χ2v) is 7.73. The first-order valence-corrected chi connectivity index (χ1v) is 10.2. The quantitative estimate of drug-likeness (QED) is 0.602. The van der Waals surface area contributed by atoms with Gasteiger partial charge >= 0.3 is 11.8 Å². The molecule has 0 amide bonds. The Morgan fingerprint density at radius 1 is 1.21 bits per heavy atom. The van der Waals surface area contributed by atoms with Crippen LogP contribution in [0, 0.1) is 12.8 Å². The maximum absolute atomic E-state index is 12.8. The molecule has 1 aromatic rings. The van der Waals surface area contributed by atoms with Crippen LogP contribution in [0.1, 0.15) is 73.1 Å². The average Bonchev–Trinajstić information content (AvgIpc) is 2.63. The van der Waals surface area contributed by atoms with E-state index in [9.17, 15) is 14.4 Å². The van der Waals surface area contributed by atoms with E-state index in [0.717, 1.165) is 6.42 Å². The van der Waals surface area contributed by atoms with Crippen molar-refractivity contribution in [3.05, 3.63) is 32.6 Å². The standard InChI is InChI=1S/C19H32N2O6.C2H6/c1-8-9-26-12-13(2)10-15(25-7)20-11-14(3)16(22)21(17(20)23)18(24)27-19(4,5)6;1-2/h11,13,15H,8-10,12H2,1-7H3;1-2H3. The van der Waals surface area contributed by atoms with E-state index in [1.165, 1.54) is 17.9 Å². The number of carbonyl (C=O) groups excluding carboxylic acids is 1. The lowest BCUT2D eigenvalue weighted by Crippen LogP contribution is -2.47. The van der Waals surface area contributed by atoms with Gasteiger partial charge in [0.1, 0.15) is 11.8 Å². The molecule has 0 aromatic carbocycles. The summed E-state index contributed by atoms with van der Waals surface area (Å²) in [6.07, 6.45) is 1.21. The predicted molar refractivity (Wildman–Crippen MR) is 114 cm³/mol. The fourth-order valence-corrected chi connectivity index (χ4v) is 2.54. The Morgan fingerprint density at radius 2 is 1.79 bits per heavy atom. The van der Waals surface area contributed by atoms with Crippen LogP contribution in [0.4, 0.5) is 4.79 Å². The van der Waals surface area contributed by atoms with Crippen LogP contribution < -0.4 is 11.2 Å². The molecule has 0 saturated carbocycles. The summed E-state index contributed by atoms with van der Waals surface area (Å²) in [4.78, 5) is 37.6. The summed E-state index contributed by atoms with van der Waals surface area (Å²) < 4.78 is 18.0. The summed E-state index contributed by atoms with van der Waals surface area (Å²) >= 11 is 0. The molecular weight excluding hydrogens is 376 g/mol. The van der Waals surface area contributed by atoms with E-state index in [4.69, 9.17) is 14.2 Å². The number of nitrogens with zero attached hydrogens (tertiary/aromatic N) is 2. The number of hydrogen-bond donors (Lipinski definition) is 0. The summed E-state index contributed by atoms with van der Waals surface area (Å²) in [6, 6.07) is 0. The third-order valence-electron chi connectivity index (χ3n) is 3.80. The average molecular weight is 415 g/mol. The molecule has 0 bridgehead atoms. The smallest absolute Gasteiger partial charge is 0.425 e. The van der Waals surface area contributed by atoms with Gasteiger partial charge in [0.15, 0.2) is 0 Å². The van der Waals surface area contributed by atoms with E-state index in [-0.39, 0.29) is 11.5 Å². The predicted octanol–water partition coefficient (Wildman–Crippen LogP) is 3.73. The lowest BCUT2D eigenvalue weighted by Gasteiger charge is -2.24. The molecule has 0 fully saturated rings. The lowest BCUT2D eigenvalue weighted by molar-refractivity contribution is 0.00355. The molecule has 1 heterocycles. The fraction of sp³-hybridized carbons (Fsp3) is 0.762. The first kappa shape index (κ1) is 27.1. The number of rotatable bonds is 8. The molecule has 2 unspecified atom stereocenters. The maximum atomic E-state index is 12.8. The number of aromatic nitrogens is 2. The highest BCUT2D eigenvalue weighted by molar-refractivity contribution is 5.70. The Labute approximate surface area is 173 Å². The Balaban J connectivity index is 0.00000379. The second kappa shape index (κ2) is 12.6. The number of methoxy groups -OCH3 is 1. The van der Waals surface area contributed by atoms with E-state index in [1.807, 2.05) is 27.7 Å². The third kappa shape index (κ3) is 8.53. The van der Waals surface area contributed by atoms with Crippen LogP contribution in [-0.2, 0) is 14.2 Å². The minimum atomic E-state index is -0.996. The van der Waals surface area contributed by atoms with Crippen LogP contribution in [0.3, 0.4) is 0 Å². The summed E-state index contributed by atoms with van der Waals surface area (Å²) in [6.45, 7) is 15.8. The Hall–Kier alpha value is -1.93. The SMILES string of the molecule is CC.CCCOCC(C)CC(OC)n1cc(C)c(=O)n(C(=O)OC(C)(C)C)c1=O. The topological polar surface area (TPSA) is 88.8 Å². The second-order valence-electron chi connectivity index (χ2n) is 7.73. The first-order chi connectivity index (χ1) is 13.5. The molecular formula is C21H38N2O6. The molecule has 0 aliphatic carbocycles. The Morgan fingerprint density at radius 3 is 2.28 bits per heavy atom. The largest absolute Gasteiger partial charge is 0.443 e. The molecule has 0 aliphatic rings. The van der Waals surface area contributed by atoms with Gasteiger partial charge in [0.05, 0.1) is 0 Å². The molecule has 0 N–H and O–H groups in total. The van der Waals surface area contributed by atoms with Crippen molar-refractivity contribution in [2.75, 3.05) is 20.3 Å². The zero-order valence-corrected chi connectivity index (χ0v) is 19.4. The molecule has 1 rings (SSSR count). The van der Waals surface area contributed by atoms with Crippen molar-refractivity contribution in [2.45, 2.75) is 80.1 Å². The third-order valence-corrected chi connectivity index (χ3v) is 3.80. The van der Waals surface area contributed by atoms with Gasteiger partial charge in [-0.1, -0.05) is 27.7 Å². The number of ether oxygens (including phenoxy) is 3. The van der Waals surface area contributed by atoms with Crippen LogP contribution in [0.25, 0.3) is 0 Å². The number of carbonyl (C=O) groups is 1. The van der Waals surface area contributed by atoms with Gasteiger partial charge in [0.2, 0.25) is 0 Å². The van der Waals surface area contributed by atoms with Crippen molar-refractivity contribution >= 4 is 6.09 Å². The zero-order chi connectivity index (χ0) is 22.8. The van der Waals surface area contributed by atoms with Crippen LogP contribution in [-0.4, -0.2) is 41.2 Å². The minimum absolute atomic E-state index is 0.121. The first-order valence-electron chi connectivity index (χ1n) is 10.2. The number of aryl methyl sites for hydroxylation is 1. The van der Waals surface area contributed by atoms with Gasteiger partial charge in [-0.3, -0.25) is 9.36 Å². The monoisotopic (exact) mass is 414 g/mol. The molecule has 0 aliphatic heterocycles. The molecule has 0 spiro atoms. The van der Waals surface area contributed by atoms with E-state index in [1.54, 1.807) is 27.7 Å². The van der Waals surface area contributed by atoms with Gasteiger partial charge < -0.3 is 14.2 Å². The van der Waals surface area contributed by atoms with Crippen molar-refractivity contribution in [1.29, 1.82) is 0 Å². The Bertz CT molecular complexity index is 745. The molecule has 2 atom stereocenters. The lowest BCUT2D eigenvalue weighted by atomic mass is 10.1. The van der Waals surface area contributed by atoms with Crippen LogP contribution in [0.15, 0.2) is 15.8 Å². The number of hydrogen-bond acceptors (Lipinski definition) is 6. The van der Waals surface area contributed by atoms with Crippen molar-refractivity contribution < 1.29 is 19.0 Å². The zero-order valence-electron chi connectivity index (χ0n) is 19.4. The van der Waals surface area contributed by atoms with Gasteiger partial charge in [-0.15, -0.1) is 0 Å². The molecule has 0 radical (unpaired) electrons. The van der Waals surface area contributed by atoms with Crippen LogP contribution in [0.5, 0.6) is 0 Å². The summed E-state index contributed by atoms with van der Waals surface area (Å²) in [5, 5.41) is 0. The minimum Gasteiger partial charge on any atom is -0.443 e. The summed E-state index contributed by atoms with van der Waals surface area (Å²) in [5.74, 6) is 0.121. The fourth-order valence-electron chi connectivity index (χ4n) is 2.54. The van der Waals surface area contributed by atoms with Crippen molar-refractivity contribution in [2.24, 2.45) is 5.92 Å². The molecule has 8 nitrogen and oxygen atoms in total. The molecule has 1 aromatic heterocycles. The van der Waals surface area contributed by atoms with Gasteiger partial charge in [-0.25, -0.2) is 9.59 Å².